The van der Waals surface area contributed by atoms with Crippen LogP contribution in [0.3, 0.4) is 0 Å². The molecule has 0 saturated heterocycles. The van der Waals surface area contributed by atoms with Crippen molar-refractivity contribution in [3.05, 3.63) is 42.0 Å². The topological polar surface area (TPSA) is 47.8 Å². The van der Waals surface area contributed by atoms with E-state index in [9.17, 15) is 9.18 Å². The predicted molar refractivity (Wildman–Crippen MR) is 51.3 cm³/mol. The maximum Gasteiger partial charge on any atom is 0.179 e. The number of hydrogen-bond acceptors (Lipinski definition) is 3. The van der Waals surface area contributed by atoms with Gasteiger partial charge in [0.2, 0.25) is 0 Å². The fourth-order valence-electron chi connectivity index (χ4n) is 1.27. The number of rotatable bonds is 2. The first-order valence-electron chi connectivity index (χ1n) is 4.36. The van der Waals surface area contributed by atoms with E-state index in [4.69, 9.17) is 0 Å². The zero-order valence-electron chi connectivity index (χ0n) is 8.01. The molecule has 1 heterocycles. The maximum absolute atomic E-state index is 12.9. The van der Waals surface area contributed by atoms with Crippen molar-refractivity contribution in [2.75, 3.05) is 0 Å². The number of carbonyl (C=O) groups is 1. The van der Waals surface area contributed by atoms with Crippen LogP contribution in [0.25, 0.3) is 5.69 Å². The molecule has 76 valence electrons. The lowest BCUT2D eigenvalue weighted by molar-refractivity contribution is 0.101. The third-order valence-corrected chi connectivity index (χ3v) is 1.96. The van der Waals surface area contributed by atoms with Crippen molar-refractivity contribution in [2.24, 2.45) is 0 Å². The Hall–Kier alpha value is -2.04. The number of ketones is 1. The summed E-state index contributed by atoms with van der Waals surface area (Å²) in [6.45, 7) is 1.41. The molecule has 2 aromatic rings. The Bertz CT molecular complexity index is 507. The Kier molecular flexibility index (Phi) is 2.29. The van der Waals surface area contributed by atoms with Crippen LogP contribution in [0.2, 0.25) is 0 Å². The van der Waals surface area contributed by atoms with Crippen molar-refractivity contribution in [2.45, 2.75) is 6.92 Å². The van der Waals surface area contributed by atoms with Gasteiger partial charge in [0.1, 0.15) is 11.5 Å². The summed E-state index contributed by atoms with van der Waals surface area (Å²) in [7, 11) is 0. The van der Waals surface area contributed by atoms with Gasteiger partial charge in [-0.15, -0.1) is 5.10 Å². The molecule has 0 amide bonds. The Labute approximate surface area is 85.3 Å². The molecular weight excluding hydrogens is 197 g/mol. The molecule has 0 aliphatic rings. The summed E-state index contributed by atoms with van der Waals surface area (Å²) < 4.78 is 14.3. The van der Waals surface area contributed by atoms with E-state index in [-0.39, 0.29) is 11.6 Å². The van der Waals surface area contributed by atoms with Crippen molar-refractivity contribution in [3.8, 4) is 5.69 Å². The van der Waals surface area contributed by atoms with Gasteiger partial charge in [0, 0.05) is 6.92 Å². The van der Waals surface area contributed by atoms with Crippen LogP contribution in [0.1, 0.15) is 17.4 Å². The molecule has 0 spiro atoms. The number of carbonyl (C=O) groups excluding carboxylic acids is 1. The molecule has 0 unspecified atom stereocenters. The number of benzene rings is 1. The van der Waals surface area contributed by atoms with Crippen molar-refractivity contribution in [3.63, 3.8) is 0 Å². The molecule has 0 bridgehead atoms. The number of halogens is 1. The van der Waals surface area contributed by atoms with E-state index in [1.807, 2.05) is 0 Å². The van der Waals surface area contributed by atoms with Gasteiger partial charge in [0.15, 0.2) is 5.78 Å². The summed E-state index contributed by atoms with van der Waals surface area (Å²) in [5.41, 5.74) is 0.818. The van der Waals surface area contributed by atoms with Gasteiger partial charge in [-0.05, 0) is 18.2 Å². The number of hydrogen-bond donors (Lipinski definition) is 0. The molecule has 4 nitrogen and oxygen atoms in total. The van der Waals surface area contributed by atoms with E-state index in [2.05, 4.69) is 10.3 Å². The average molecular weight is 205 g/mol. The Balaban J connectivity index is 2.54. The van der Waals surface area contributed by atoms with Crippen LogP contribution >= 0.6 is 0 Å². The molecule has 0 fully saturated rings. The lowest BCUT2D eigenvalue weighted by Crippen LogP contribution is -2.06. The molecule has 0 radical (unpaired) electrons. The van der Waals surface area contributed by atoms with Crippen LogP contribution in [0.5, 0.6) is 0 Å². The van der Waals surface area contributed by atoms with E-state index in [1.54, 1.807) is 12.1 Å². The van der Waals surface area contributed by atoms with Crippen molar-refractivity contribution in [1.29, 1.82) is 0 Å². The second-order valence-electron chi connectivity index (χ2n) is 3.07. The minimum atomic E-state index is -0.377. The average Bonchev–Trinajstić information content (AvgIpc) is 2.65. The Morgan fingerprint density at radius 3 is 2.93 bits per heavy atom. The third-order valence-electron chi connectivity index (χ3n) is 1.96. The van der Waals surface area contributed by atoms with Crippen molar-refractivity contribution >= 4 is 5.78 Å². The van der Waals surface area contributed by atoms with Gasteiger partial charge in [-0.25, -0.2) is 9.07 Å². The van der Waals surface area contributed by atoms with Gasteiger partial charge in [-0.1, -0.05) is 11.3 Å². The molecule has 1 aromatic carbocycles. The lowest BCUT2D eigenvalue weighted by Gasteiger charge is -2.02. The Morgan fingerprint density at radius 2 is 2.27 bits per heavy atom. The molecule has 1 aromatic heterocycles. The molecule has 0 N–H and O–H groups in total. The first-order chi connectivity index (χ1) is 7.18. The molecule has 0 aliphatic heterocycles. The van der Waals surface area contributed by atoms with E-state index < -0.39 is 0 Å². The summed E-state index contributed by atoms with van der Waals surface area (Å²) >= 11 is 0. The summed E-state index contributed by atoms with van der Waals surface area (Å²) in [6, 6.07) is 5.83. The minimum Gasteiger partial charge on any atom is -0.293 e. The van der Waals surface area contributed by atoms with Crippen LogP contribution in [0.15, 0.2) is 30.5 Å². The van der Waals surface area contributed by atoms with E-state index >= 15 is 0 Å². The summed E-state index contributed by atoms with van der Waals surface area (Å²) in [5, 5.41) is 7.35. The van der Waals surface area contributed by atoms with Gasteiger partial charge in [-0.3, -0.25) is 4.79 Å². The van der Waals surface area contributed by atoms with Crippen LogP contribution in [-0.2, 0) is 0 Å². The van der Waals surface area contributed by atoms with Gasteiger partial charge in [0.25, 0.3) is 0 Å². The summed E-state index contributed by atoms with van der Waals surface area (Å²) in [6.07, 6.45) is 1.35. The normalized spacial score (nSPS) is 10.3. The second-order valence-corrected chi connectivity index (χ2v) is 3.07. The third kappa shape index (κ3) is 1.76. The van der Waals surface area contributed by atoms with Gasteiger partial charge in [0.05, 0.1) is 11.9 Å². The van der Waals surface area contributed by atoms with E-state index in [1.165, 1.54) is 29.9 Å². The summed E-state index contributed by atoms with van der Waals surface area (Å²) in [5.74, 6) is -0.540. The van der Waals surface area contributed by atoms with Crippen molar-refractivity contribution < 1.29 is 9.18 Å². The second kappa shape index (κ2) is 3.61. The molecule has 15 heavy (non-hydrogen) atoms. The van der Waals surface area contributed by atoms with E-state index in [0.29, 0.717) is 11.4 Å². The molecule has 0 atom stereocenters. The zero-order valence-corrected chi connectivity index (χ0v) is 8.01. The highest BCUT2D eigenvalue weighted by atomic mass is 19.1. The summed E-state index contributed by atoms with van der Waals surface area (Å²) in [4.78, 5) is 11.2. The zero-order chi connectivity index (χ0) is 10.8. The highest BCUT2D eigenvalue weighted by molar-refractivity contribution is 5.92. The lowest BCUT2D eigenvalue weighted by atomic mass is 10.3. The fraction of sp³-hybridized carbons (Fsp3) is 0.100. The smallest absolute Gasteiger partial charge is 0.179 e. The SMILES string of the molecule is CC(=O)c1cnnn1-c1cccc(F)c1. The van der Waals surface area contributed by atoms with Gasteiger partial charge >= 0.3 is 0 Å². The molecule has 5 heteroatoms. The van der Waals surface area contributed by atoms with Gasteiger partial charge < -0.3 is 0 Å². The first kappa shape index (κ1) is 9.51. The van der Waals surface area contributed by atoms with Crippen LogP contribution in [0, 0.1) is 5.82 Å². The van der Waals surface area contributed by atoms with Crippen LogP contribution in [0.4, 0.5) is 4.39 Å². The molecule has 0 aliphatic carbocycles. The van der Waals surface area contributed by atoms with Crippen LogP contribution in [-0.4, -0.2) is 20.8 Å². The maximum atomic E-state index is 12.9. The fourth-order valence-corrected chi connectivity index (χ4v) is 1.27. The van der Waals surface area contributed by atoms with Gasteiger partial charge in [-0.2, -0.15) is 0 Å². The molecular formula is C10H8FN3O. The largest absolute Gasteiger partial charge is 0.293 e. The number of Topliss-reactive ketones (excluding diaryl/α,β-unsaturated/α-hetero) is 1. The first-order valence-corrected chi connectivity index (χ1v) is 4.36. The molecule has 2 rings (SSSR count). The Morgan fingerprint density at radius 1 is 1.47 bits per heavy atom. The van der Waals surface area contributed by atoms with Crippen LogP contribution < -0.4 is 0 Å². The standard InChI is InChI=1S/C10H8FN3O/c1-7(15)10-6-12-13-14(10)9-4-2-3-8(11)5-9/h2-6H,1H3. The highest BCUT2D eigenvalue weighted by Gasteiger charge is 2.10. The predicted octanol–water partition coefficient (Wildman–Crippen LogP) is 1.61. The number of nitrogens with zero attached hydrogens (tertiary/aromatic N) is 3. The van der Waals surface area contributed by atoms with Crippen molar-refractivity contribution in [1.82, 2.24) is 15.0 Å². The quantitative estimate of drug-likeness (QED) is 0.700. The number of aromatic nitrogens is 3. The monoisotopic (exact) mass is 205 g/mol. The molecule has 0 saturated carbocycles. The highest BCUT2D eigenvalue weighted by Crippen LogP contribution is 2.11. The minimum absolute atomic E-state index is 0.163. The van der Waals surface area contributed by atoms with E-state index in [0.717, 1.165) is 0 Å².